The molecule has 0 radical (unpaired) electrons. The molecule has 2 rings (SSSR count). The Bertz CT molecular complexity index is 630. The Balaban J connectivity index is 2.29. The van der Waals surface area contributed by atoms with Crippen LogP contribution in [0.5, 0.6) is 0 Å². The van der Waals surface area contributed by atoms with Crippen molar-refractivity contribution in [2.45, 2.75) is 30.9 Å². The molecule has 1 aliphatic rings. The van der Waals surface area contributed by atoms with Crippen LogP contribution in [0.2, 0.25) is 0 Å². The van der Waals surface area contributed by atoms with E-state index in [1.807, 2.05) is 13.8 Å². The second-order valence-electron chi connectivity index (χ2n) is 5.19. The van der Waals surface area contributed by atoms with Gasteiger partial charge >= 0.3 is 0 Å². The summed E-state index contributed by atoms with van der Waals surface area (Å²) in [7, 11) is -2.21. The van der Waals surface area contributed by atoms with Gasteiger partial charge in [-0.3, -0.25) is 4.79 Å². The van der Waals surface area contributed by atoms with Crippen molar-refractivity contribution in [1.82, 2.24) is 9.62 Å². The van der Waals surface area contributed by atoms with Gasteiger partial charge in [-0.2, -0.15) is 0 Å². The first-order valence-electron chi connectivity index (χ1n) is 6.81. The van der Waals surface area contributed by atoms with Gasteiger partial charge in [0.25, 0.3) is 5.91 Å². The molecule has 0 spiro atoms. The van der Waals surface area contributed by atoms with Gasteiger partial charge in [0.1, 0.15) is 0 Å². The van der Waals surface area contributed by atoms with Crippen molar-refractivity contribution in [2.75, 3.05) is 20.2 Å². The highest BCUT2D eigenvalue weighted by Gasteiger charge is 2.28. The van der Waals surface area contributed by atoms with E-state index in [0.29, 0.717) is 18.7 Å². The second kappa shape index (κ2) is 6.13. The zero-order valence-electron chi connectivity index (χ0n) is 12.4. The van der Waals surface area contributed by atoms with Gasteiger partial charge in [-0.05, 0) is 39.1 Å². The van der Waals surface area contributed by atoms with Gasteiger partial charge in [0.05, 0.1) is 23.6 Å². The maximum atomic E-state index is 12.6. The van der Waals surface area contributed by atoms with E-state index in [0.717, 1.165) is 0 Å². The Hall–Kier alpha value is -1.44. The van der Waals surface area contributed by atoms with Gasteiger partial charge in [-0.1, -0.05) is 6.07 Å². The smallest absolute Gasteiger partial charge is 0.254 e. The molecule has 1 amide bonds. The first-order chi connectivity index (χ1) is 9.85. The number of nitrogens with one attached hydrogen (secondary N) is 1. The fraction of sp³-hybridized carbons (Fsp3) is 0.500. The lowest BCUT2D eigenvalue weighted by molar-refractivity contribution is -0.0387. The van der Waals surface area contributed by atoms with Crippen LogP contribution in [0.1, 0.15) is 24.2 Å². The van der Waals surface area contributed by atoms with Crippen LogP contribution in [-0.2, 0) is 14.8 Å². The number of sulfonamides is 1. The quantitative estimate of drug-likeness (QED) is 0.897. The molecule has 6 nitrogen and oxygen atoms in total. The molecule has 1 aliphatic heterocycles. The predicted molar refractivity (Wildman–Crippen MR) is 78.6 cm³/mol. The maximum absolute atomic E-state index is 12.6. The van der Waals surface area contributed by atoms with E-state index in [4.69, 9.17) is 4.74 Å². The molecular formula is C14H20N2O4S. The predicted octanol–water partition coefficient (Wildman–Crippen LogP) is 0.844. The molecule has 116 valence electrons. The number of carbonyl (C=O) groups is 1. The van der Waals surface area contributed by atoms with Crippen LogP contribution >= 0.6 is 0 Å². The number of morpholine rings is 1. The highest BCUT2D eigenvalue weighted by Crippen LogP contribution is 2.18. The van der Waals surface area contributed by atoms with Crippen LogP contribution in [0.3, 0.4) is 0 Å². The first kappa shape index (κ1) is 15.9. The highest BCUT2D eigenvalue weighted by molar-refractivity contribution is 7.89. The number of benzene rings is 1. The molecule has 1 heterocycles. The Morgan fingerprint density at radius 3 is 2.76 bits per heavy atom. The average Bonchev–Trinajstić information content (AvgIpc) is 2.49. The van der Waals surface area contributed by atoms with Crippen molar-refractivity contribution in [1.29, 1.82) is 0 Å². The van der Waals surface area contributed by atoms with Crippen LogP contribution in [0.4, 0.5) is 0 Å². The van der Waals surface area contributed by atoms with E-state index in [1.165, 1.54) is 19.2 Å². The molecule has 2 atom stereocenters. The van der Waals surface area contributed by atoms with E-state index < -0.39 is 10.0 Å². The minimum absolute atomic E-state index is 0.0191. The Kier molecular flexibility index (Phi) is 4.65. The molecule has 7 heteroatoms. The van der Waals surface area contributed by atoms with Crippen LogP contribution in [0.15, 0.2) is 29.2 Å². The lowest BCUT2D eigenvalue weighted by Crippen LogP contribution is -2.50. The first-order valence-corrected chi connectivity index (χ1v) is 8.29. The van der Waals surface area contributed by atoms with Gasteiger partial charge in [0.2, 0.25) is 10.0 Å². The number of amides is 1. The molecular weight excluding hydrogens is 292 g/mol. The minimum atomic E-state index is -3.55. The molecule has 0 aliphatic carbocycles. The SMILES string of the molecule is CNS(=O)(=O)c1cccc(C(=O)N2C[C@@H](C)OC[C@@H]2C)c1. The molecule has 0 unspecified atom stereocenters. The maximum Gasteiger partial charge on any atom is 0.254 e. The second-order valence-corrected chi connectivity index (χ2v) is 7.07. The van der Waals surface area contributed by atoms with Gasteiger partial charge in [0, 0.05) is 12.1 Å². The summed E-state index contributed by atoms with van der Waals surface area (Å²) >= 11 is 0. The van der Waals surface area contributed by atoms with Crippen molar-refractivity contribution < 1.29 is 17.9 Å². The van der Waals surface area contributed by atoms with Gasteiger partial charge in [-0.25, -0.2) is 13.1 Å². The average molecular weight is 312 g/mol. The molecule has 0 saturated carbocycles. The molecule has 1 saturated heterocycles. The number of rotatable bonds is 3. The summed E-state index contributed by atoms with van der Waals surface area (Å²) in [6.45, 7) is 4.82. The summed E-state index contributed by atoms with van der Waals surface area (Å²) in [5.74, 6) is -0.175. The molecule has 0 bridgehead atoms. The Morgan fingerprint density at radius 1 is 1.38 bits per heavy atom. The van der Waals surface area contributed by atoms with Gasteiger partial charge in [-0.15, -0.1) is 0 Å². The zero-order valence-corrected chi connectivity index (χ0v) is 13.2. The van der Waals surface area contributed by atoms with Crippen molar-refractivity contribution in [2.24, 2.45) is 0 Å². The topological polar surface area (TPSA) is 75.7 Å². The van der Waals surface area contributed by atoms with Crippen molar-refractivity contribution >= 4 is 15.9 Å². The fourth-order valence-electron chi connectivity index (χ4n) is 2.27. The summed E-state index contributed by atoms with van der Waals surface area (Å²) in [6, 6.07) is 6.04. The van der Waals surface area contributed by atoms with E-state index in [2.05, 4.69) is 4.72 Å². The minimum Gasteiger partial charge on any atom is -0.375 e. The molecule has 1 aromatic rings. The van der Waals surface area contributed by atoms with Gasteiger partial charge in [0.15, 0.2) is 0 Å². The summed E-state index contributed by atoms with van der Waals surface area (Å²) in [5, 5.41) is 0. The van der Waals surface area contributed by atoms with E-state index in [-0.39, 0.29) is 22.9 Å². The lowest BCUT2D eigenvalue weighted by atomic mass is 10.1. The van der Waals surface area contributed by atoms with Crippen molar-refractivity contribution in [3.05, 3.63) is 29.8 Å². The van der Waals surface area contributed by atoms with Crippen LogP contribution in [0.25, 0.3) is 0 Å². The zero-order chi connectivity index (χ0) is 15.6. The van der Waals surface area contributed by atoms with E-state index >= 15 is 0 Å². The number of ether oxygens (including phenoxy) is 1. The number of hydrogen-bond donors (Lipinski definition) is 1. The molecule has 1 fully saturated rings. The van der Waals surface area contributed by atoms with E-state index in [1.54, 1.807) is 17.0 Å². The largest absolute Gasteiger partial charge is 0.375 e. The standard InChI is InChI=1S/C14H20N2O4S/c1-10-9-20-11(2)8-16(10)14(17)12-5-4-6-13(7-12)21(18,19)15-3/h4-7,10-11,15H,8-9H2,1-3H3/t10-,11+/m0/s1. The van der Waals surface area contributed by atoms with Crippen molar-refractivity contribution in [3.63, 3.8) is 0 Å². The summed E-state index contributed by atoms with van der Waals surface area (Å²) in [5.41, 5.74) is 0.368. The number of carbonyl (C=O) groups excluding carboxylic acids is 1. The third-order valence-electron chi connectivity index (χ3n) is 3.53. The van der Waals surface area contributed by atoms with Crippen LogP contribution in [-0.4, -0.2) is 51.6 Å². The summed E-state index contributed by atoms with van der Waals surface area (Å²) in [6.07, 6.45) is -0.0191. The Labute approximate surface area is 125 Å². The molecule has 0 aromatic heterocycles. The Morgan fingerprint density at radius 2 is 2.10 bits per heavy atom. The molecule has 21 heavy (non-hydrogen) atoms. The number of hydrogen-bond acceptors (Lipinski definition) is 4. The number of nitrogens with zero attached hydrogens (tertiary/aromatic N) is 1. The molecule has 1 N–H and O–H groups in total. The summed E-state index contributed by atoms with van der Waals surface area (Å²) in [4.78, 5) is 14.4. The fourth-order valence-corrected chi connectivity index (χ4v) is 3.04. The monoisotopic (exact) mass is 312 g/mol. The van der Waals surface area contributed by atoms with E-state index in [9.17, 15) is 13.2 Å². The van der Waals surface area contributed by atoms with Crippen LogP contribution < -0.4 is 4.72 Å². The van der Waals surface area contributed by atoms with Crippen LogP contribution in [0, 0.1) is 0 Å². The third kappa shape index (κ3) is 3.42. The normalized spacial score (nSPS) is 23.1. The van der Waals surface area contributed by atoms with Crippen molar-refractivity contribution in [3.8, 4) is 0 Å². The lowest BCUT2D eigenvalue weighted by Gasteiger charge is -2.36. The molecule has 1 aromatic carbocycles. The highest BCUT2D eigenvalue weighted by atomic mass is 32.2. The third-order valence-corrected chi connectivity index (χ3v) is 4.94. The van der Waals surface area contributed by atoms with Gasteiger partial charge < -0.3 is 9.64 Å². The summed E-state index contributed by atoms with van der Waals surface area (Å²) < 4.78 is 31.4.